The Balaban J connectivity index is 3.77. The number of hydrogen-bond acceptors (Lipinski definition) is 8. The highest BCUT2D eigenvalue weighted by Gasteiger charge is 2.19. The van der Waals surface area contributed by atoms with Gasteiger partial charge in [-0.3, -0.25) is 9.59 Å². The first-order valence-electron chi connectivity index (χ1n) is 8.54. The standard InChI is InChI=1S/C16H30N2O6S2/c1-12(2)17-6-8-23-7-4-5-15(20)18-14(16(21)22)11-26-25-10-9-24-13(3)19/h12,14,17H,4-11H2,1-3H3,(H,18,20)(H,21,22)/t14-/m0/s1. The number of esters is 1. The third-order valence-electron chi connectivity index (χ3n) is 2.91. The second-order valence-electron chi connectivity index (χ2n) is 5.73. The molecule has 0 radical (unpaired) electrons. The maximum atomic E-state index is 11.8. The summed E-state index contributed by atoms with van der Waals surface area (Å²) in [7, 11) is 2.72. The SMILES string of the molecule is CC(=O)OCCSSC[C@H](NC(=O)CCCOCCNC(C)C)C(=O)O. The molecule has 0 saturated heterocycles. The summed E-state index contributed by atoms with van der Waals surface area (Å²) in [4.78, 5) is 33.6. The van der Waals surface area contributed by atoms with E-state index in [1.54, 1.807) is 0 Å². The quantitative estimate of drug-likeness (QED) is 0.197. The molecule has 152 valence electrons. The first-order valence-corrected chi connectivity index (χ1v) is 11.0. The van der Waals surface area contributed by atoms with Crippen LogP contribution in [0.1, 0.15) is 33.6 Å². The predicted molar refractivity (Wildman–Crippen MR) is 104 cm³/mol. The number of carboxylic acid groups (broad SMARTS) is 1. The molecule has 10 heteroatoms. The van der Waals surface area contributed by atoms with Crippen molar-refractivity contribution in [1.29, 1.82) is 0 Å². The summed E-state index contributed by atoms with van der Waals surface area (Å²) in [5.41, 5.74) is 0. The monoisotopic (exact) mass is 410 g/mol. The van der Waals surface area contributed by atoms with Gasteiger partial charge in [0.25, 0.3) is 0 Å². The van der Waals surface area contributed by atoms with Crippen LogP contribution in [0.4, 0.5) is 0 Å². The van der Waals surface area contributed by atoms with Crippen LogP contribution in [-0.4, -0.2) is 72.9 Å². The fourth-order valence-corrected chi connectivity index (χ4v) is 3.67. The van der Waals surface area contributed by atoms with Gasteiger partial charge in [-0.1, -0.05) is 35.4 Å². The van der Waals surface area contributed by atoms with E-state index in [0.717, 1.165) is 6.54 Å². The molecule has 0 heterocycles. The Labute approximate surface area is 162 Å². The van der Waals surface area contributed by atoms with Gasteiger partial charge in [0.05, 0.1) is 6.61 Å². The molecular weight excluding hydrogens is 380 g/mol. The van der Waals surface area contributed by atoms with Crippen molar-refractivity contribution in [2.75, 3.05) is 37.9 Å². The minimum atomic E-state index is -1.07. The Morgan fingerprint density at radius 2 is 1.85 bits per heavy atom. The number of carbonyl (C=O) groups excluding carboxylic acids is 2. The second-order valence-corrected chi connectivity index (χ2v) is 8.36. The van der Waals surface area contributed by atoms with Crippen LogP contribution in [0.25, 0.3) is 0 Å². The molecule has 0 aromatic rings. The minimum Gasteiger partial charge on any atom is -0.480 e. The van der Waals surface area contributed by atoms with Crippen molar-refractivity contribution in [3.05, 3.63) is 0 Å². The lowest BCUT2D eigenvalue weighted by Gasteiger charge is -2.14. The van der Waals surface area contributed by atoms with Gasteiger partial charge < -0.3 is 25.2 Å². The number of ether oxygens (including phenoxy) is 2. The molecule has 0 aliphatic heterocycles. The van der Waals surface area contributed by atoms with Crippen LogP contribution in [0.2, 0.25) is 0 Å². The number of nitrogens with one attached hydrogen (secondary N) is 2. The highest BCUT2D eigenvalue weighted by Crippen LogP contribution is 2.21. The lowest BCUT2D eigenvalue weighted by molar-refractivity contribution is -0.141. The van der Waals surface area contributed by atoms with E-state index in [-0.39, 0.29) is 30.7 Å². The number of aliphatic carboxylic acids is 1. The molecule has 0 bridgehead atoms. The molecule has 0 unspecified atom stereocenters. The van der Waals surface area contributed by atoms with Crippen molar-refractivity contribution < 1.29 is 29.0 Å². The van der Waals surface area contributed by atoms with Gasteiger partial charge in [-0.2, -0.15) is 0 Å². The number of rotatable bonds is 16. The largest absolute Gasteiger partial charge is 0.480 e. The van der Waals surface area contributed by atoms with Crippen LogP contribution in [0.15, 0.2) is 0 Å². The Morgan fingerprint density at radius 1 is 1.12 bits per heavy atom. The van der Waals surface area contributed by atoms with Gasteiger partial charge in [-0.15, -0.1) is 0 Å². The summed E-state index contributed by atoms with van der Waals surface area (Å²) >= 11 is 0. The van der Waals surface area contributed by atoms with Gasteiger partial charge in [0.1, 0.15) is 12.6 Å². The molecule has 0 aliphatic rings. The van der Waals surface area contributed by atoms with Crippen molar-refractivity contribution in [3.8, 4) is 0 Å². The van der Waals surface area contributed by atoms with E-state index in [9.17, 15) is 19.5 Å². The zero-order chi connectivity index (χ0) is 19.8. The third-order valence-corrected chi connectivity index (χ3v) is 5.29. The summed E-state index contributed by atoms with van der Waals surface area (Å²) in [6.45, 7) is 7.53. The Kier molecular flexibility index (Phi) is 15.6. The molecule has 26 heavy (non-hydrogen) atoms. The van der Waals surface area contributed by atoms with E-state index < -0.39 is 12.0 Å². The zero-order valence-electron chi connectivity index (χ0n) is 15.6. The summed E-state index contributed by atoms with van der Waals surface area (Å²) < 4.78 is 10.2. The summed E-state index contributed by atoms with van der Waals surface area (Å²) in [6.07, 6.45) is 0.774. The summed E-state index contributed by atoms with van der Waals surface area (Å²) in [5, 5.41) is 14.9. The molecule has 3 N–H and O–H groups in total. The topological polar surface area (TPSA) is 114 Å². The normalized spacial score (nSPS) is 12.0. The smallest absolute Gasteiger partial charge is 0.327 e. The van der Waals surface area contributed by atoms with Gasteiger partial charge in [0.15, 0.2) is 0 Å². The molecule has 1 atom stereocenters. The van der Waals surface area contributed by atoms with E-state index in [4.69, 9.17) is 9.47 Å². The number of carbonyl (C=O) groups is 3. The molecule has 0 aliphatic carbocycles. The van der Waals surface area contributed by atoms with Crippen molar-refractivity contribution in [2.45, 2.75) is 45.7 Å². The predicted octanol–water partition coefficient (Wildman–Crippen LogP) is 1.30. The minimum absolute atomic E-state index is 0.228. The lowest BCUT2D eigenvalue weighted by atomic mass is 10.2. The summed E-state index contributed by atoms with van der Waals surface area (Å²) in [5.74, 6) is -0.905. The first-order chi connectivity index (χ1) is 12.3. The molecular formula is C16H30N2O6S2. The molecule has 8 nitrogen and oxygen atoms in total. The van der Waals surface area contributed by atoms with Crippen LogP contribution >= 0.6 is 21.6 Å². The van der Waals surface area contributed by atoms with E-state index in [1.807, 2.05) is 0 Å². The van der Waals surface area contributed by atoms with Crippen molar-refractivity contribution in [2.24, 2.45) is 0 Å². The Bertz CT molecular complexity index is 424. The molecule has 0 saturated carbocycles. The number of carboxylic acids is 1. The van der Waals surface area contributed by atoms with Gasteiger partial charge in [0, 0.05) is 44.0 Å². The average Bonchev–Trinajstić information content (AvgIpc) is 2.55. The Hall–Kier alpha value is -0.970. The van der Waals surface area contributed by atoms with Gasteiger partial charge in [0.2, 0.25) is 5.91 Å². The molecule has 0 spiro atoms. The Morgan fingerprint density at radius 3 is 2.46 bits per heavy atom. The molecule has 0 rings (SSSR count). The van der Waals surface area contributed by atoms with Crippen LogP contribution in [0, 0.1) is 0 Å². The lowest BCUT2D eigenvalue weighted by Crippen LogP contribution is -2.42. The van der Waals surface area contributed by atoms with Crippen molar-refractivity contribution in [3.63, 3.8) is 0 Å². The van der Waals surface area contributed by atoms with E-state index >= 15 is 0 Å². The van der Waals surface area contributed by atoms with Crippen LogP contribution in [0.3, 0.4) is 0 Å². The van der Waals surface area contributed by atoms with Crippen molar-refractivity contribution in [1.82, 2.24) is 10.6 Å². The summed E-state index contributed by atoms with van der Waals surface area (Å²) in [6, 6.07) is -0.528. The van der Waals surface area contributed by atoms with Crippen LogP contribution in [-0.2, 0) is 23.9 Å². The zero-order valence-corrected chi connectivity index (χ0v) is 17.2. The first kappa shape index (κ1) is 25.0. The van der Waals surface area contributed by atoms with Crippen molar-refractivity contribution >= 4 is 39.4 Å². The maximum Gasteiger partial charge on any atom is 0.327 e. The molecule has 0 aromatic carbocycles. The average molecular weight is 411 g/mol. The van der Waals surface area contributed by atoms with E-state index in [1.165, 1.54) is 28.5 Å². The maximum absolute atomic E-state index is 11.8. The number of hydrogen-bond donors (Lipinski definition) is 3. The van der Waals surface area contributed by atoms with Gasteiger partial charge >= 0.3 is 11.9 Å². The molecule has 0 fully saturated rings. The third kappa shape index (κ3) is 16.5. The number of amides is 1. The highest BCUT2D eigenvalue weighted by molar-refractivity contribution is 8.76. The van der Waals surface area contributed by atoms with E-state index in [0.29, 0.717) is 31.4 Å². The fourth-order valence-electron chi connectivity index (χ4n) is 1.69. The molecule has 1 amide bonds. The second kappa shape index (κ2) is 16.2. The van der Waals surface area contributed by atoms with Crippen LogP contribution in [0.5, 0.6) is 0 Å². The fraction of sp³-hybridized carbons (Fsp3) is 0.812. The van der Waals surface area contributed by atoms with Gasteiger partial charge in [-0.05, 0) is 6.42 Å². The molecule has 0 aromatic heterocycles. The van der Waals surface area contributed by atoms with Gasteiger partial charge in [-0.25, -0.2) is 4.79 Å². The van der Waals surface area contributed by atoms with E-state index in [2.05, 4.69) is 24.5 Å². The van der Waals surface area contributed by atoms with Crippen LogP contribution < -0.4 is 10.6 Å². The highest BCUT2D eigenvalue weighted by atomic mass is 33.1.